The molecule has 0 saturated carbocycles. The molecule has 1 rings (SSSR count). The summed E-state index contributed by atoms with van der Waals surface area (Å²) in [4.78, 5) is 0. The van der Waals surface area contributed by atoms with E-state index in [1.807, 2.05) is 6.07 Å². The molecule has 0 aliphatic carbocycles. The lowest BCUT2D eigenvalue weighted by Gasteiger charge is -2.10. The number of ether oxygens (including phenoxy) is 1. The van der Waals surface area contributed by atoms with Crippen molar-refractivity contribution in [2.45, 2.75) is 6.10 Å². The molecule has 0 aliphatic heterocycles. The number of rotatable bonds is 4. The van der Waals surface area contributed by atoms with Crippen molar-refractivity contribution in [2.75, 3.05) is 13.2 Å². The Hall–Kier alpha value is -1.57. The molecule has 4 heteroatoms. The molecule has 0 heterocycles. The Morgan fingerprint density at radius 3 is 2.79 bits per heavy atom. The summed E-state index contributed by atoms with van der Waals surface area (Å²) in [6.07, 6.45) is -0.915. The van der Waals surface area contributed by atoms with Crippen molar-refractivity contribution < 1.29 is 14.9 Å². The third kappa shape index (κ3) is 2.73. The average molecular weight is 193 g/mol. The van der Waals surface area contributed by atoms with Crippen LogP contribution in [-0.2, 0) is 0 Å². The Morgan fingerprint density at radius 1 is 1.43 bits per heavy atom. The first-order chi connectivity index (χ1) is 6.77. The van der Waals surface area contributed by atoms with Crippen molar-refractivity contribution in [3.8, 4) is 11.8 Å². The molecular weight excluding hydrogens is 182 g/mol. The minimum absolute atomic E-state index is 0.0187. The zero-order valence-electron chi connectivity index (χ0n) is 7.55. The first-order valence-electron chi connectivity index (χ1n) is 4.18. The van der Waals surface area contributed by atoms with E-state index in [1.165, 1.54) is 0 Å². The largest absolute Gasteiger partial charge is 0.489 e. The van der Waals surface area contributed by atoms with E-state index < -0.39 is 6.10 Å². The second-order valence-electron chi connectivity index (χ2n) is 2.76. The van der Waals surface area contributed by atoms with Gasteiger partial charge in [0.25, 0.3) is 0 Å². The van der Waals surface area contributed by atoms with E-state index in [-0.39, 0.29) is 13.2 Å². The fourth-order valence-electron chi connectivity index (χ4n) is 0.924. The third-order valence-electron chi connectivity index (χ3n) is 1.65. The summed E-state index contributed by atoms with van der Waals surface area (Å²) in [5, 5.41) is 26.3. The molecule has 74 valence electrons. The highest BCUT2D eigenvalue weighted by atomic mass is 16.5. The molecule has 0 spiro atoms. The Kier molecular flexibility index (Phi) is 3.92. The fraction of sp³-hybridized carbons (Fsp3) is 0.300. The van der Waals surface area contributed by atoms with Gasteiger partial charge in [-0.05, 0) is 12.1 Å². The van der Waals surface area contributed by atoms with Crippen molar-refractivity contribution in [3.05, 3.63) is 29.8 Å². The number of hydrogen-bond donors (Lipinski definition) is 2. The number of nitrogens with zero attached hydrogens (tertiary/aromatic N) is 1. The molecule has 0 fully saturated rings. The van der Waals surface area contributed by atoms with Crippen LogP contribution in [0.25, 0.3) is 0 Å². The van der Waals surface area contributed by atoms with Crippen molar-refractivity contribution in [1.82, 2.24) is 0 Å². The zero-order valence-corrected chi connectivity index (χ0v) is 7.55. The van der Waals surface area contributed by atoms with Crippen LogP contribution < -0.4 is 4.74 Å². The van der Waals surface area contributed by atoms with Crippen molar-refractivity contribution in [3.63, 3.8) is 0 Å². The molecular formula is C10H11NO3. The summed E-state index contributed by atoms with van der Waals surface area (Å²) in [5.41, 5.74) is 0.414. The maximum absolute atomic E-state index is 9.02. The number of hydrogen-bond acceptors (Lipinski definition) is 4. The first-order valence-corrected chi connectivity index (χ1v) is 4.18. The van der Waals surface area contributed by atoms with Gasteiger partial charge in [-0.15, -0.1) is 0 Å². The van der Waals surface area contributed by atoms with Gasteiger partial charge in [0.15, 0.2) is 0 Å². The minimum Gasteiger partial charge on any atom is -0.489 e. The van der Waals surface area contributed by atoms with Crippen LogP contribution >= 0.6 is 0 Å². The first kappa shape index (κ1) is 10.5. The quantitative estimate of drug-likeness (QED) is 0.720. The van der Waals surface area contributed by atoms with Crippen molar-refractivity contribution in [2.24, 2.45) is 0 Å². The normalized spacial score (nSPS) is 11.8. The van der Waals surface area contributed by atoms with Crippen LogP contribution in [0.5, 0.6) is 5.75 Å². The number of aliphatic hydroxyl groups is 2. The Bertz CT molecular complexity index is 332. The van der Waals surface area contributed by atoms with Gasteiger partial charge in [-0.2, -0.15) is 5.26 Å². The van der Waals surface area contributed by atoms with Gasteiger partial charge in [-0.25, -0.2) is 0 Å². The van der Waals surface area contributed by atoms with Gasteiger partial charge in [0, 0.05) is 0 Å². The molecule has 1 atom stereocenters. The number of para-hydroxylation sites is 1. The number of benzene rings is 1. The van der Waals surface area contributed by atoms with E-state index in [0.717, 1.165) is 0 Å². The topological polar surface area (TPSA) is 73.5 Å². The van der Waals surface area contributed by atoms with Crippen LogP contribution in [0.1, 0.15) is 5.56 Å². The van der Waals surface area contributed by atoms with Gasteiger partial charge in [0.05, 0.1) is 12.2 Å². The predicted octanol–water partition coefficient (Wildman–Crippen LogP) is 0.290. The van der Waals surface area contributed by atoms with Crippen LogP contribution in [0.15, 0.2) is 24.3 Å². The monoisotopic (exact) mass is 193 g/mol. The molecule has 1 unspecified atom stereocenters. The van der Waals surface area contributed by atoms with E-state index in [4.69, 9.17) is 20.2 Å². The zero-order chi connectivity index (χ0) is 10.4. The Morgan fingerprint density at radius 2 is 2.14 bits per heavy atom. The molecule has 14 heavy (non-hydrogen) atoms. The molecule has 2 N–H and O–H groups in total. The summed E-state index contributed by atoms with van der Waals surface area (Å²) < 4.78 is 5.15. The fourth-order valence-corrected chi connectivity index (χ4v) is 0.924. The summed E-state index contributed by atoms with van der Waals surface area (Å²) in [6.45, 7) is -0.371. The third-order valence-corrected chi connectivity index (χ3v) is 1.65. The molecule has 0 aliphatic rings. The van der Waals surface area contributed by atoms with E-state index in [0.29, 0.717) is 11.3 Å². The lowest BCUT2D eigenvalue weighted by Crippen LogP contribution is -2.21. The molecule has 0 amide bonds. The lowest BCUT2D eigenvalue weighted by molar-refractivity contribution is 0.0535. The molecule has 0 radical (unpaired) electrons. The van der Waals surface area contributed by atoms with Crippen LogP contribution in [-0.4, -0.2) is 29.5 Å². The molecule has 0 saturated heterocycles. The smallest absolute Gasteiger partial charge is 0.137 e. The summed E-state index contributed by atoms with van der Waals surface area (Å²) in [6, 6.07) is 8.70. The highest BCUT2D eigenvalue weighted by Gasteiger charge is 2.05. The highest BCUT2D eigenvalue weighted by molar-refractivity contribution is 5.42. The maximum Gasteiger partial charge on any atom is 0.137 e. The molecule has 0 aromatic heterocycles. The van der Waals surface area contributed by atoms with Crippen molar-refractivity contribution >= 4 is 0 Å². The standard InChI is InChI=1S/C10H11NO3/c11-5-8-3-1-2-4-10(8)14-7-9(13)6-12/h1-4,9,12-13H,6-7H2. The summed E-state index contributed by atoms with van der Waals surface area (Å²) in [7, 11) is 0. The van der Waals surface area contributed by atoms with Crippen LogP contribution in [0.2, 0.25) is 0 Å². The lowest BCUT2D eigenvalue weighted by atomic mass is 10.2. The van der Waals surface area contributed by atoms with Crippen LogP contribution in [0.4, 0.5) is 0 Å². The molecule has 1 aromatic carbocycles. The Balaban J connectivity index is 2.63. The maximum atomic E-state index is 9.02. The van der Waals surface area contributed by atoms with Gasteiger partial charge in [0.2, 0.25) is 0 Å². The Labute approximate surface area is 82.0 Å². The van der Waals surface area contributed by atoms with E-state index in [1.54, 1.807) is 24.3 Å². The van der Waals surface area contributed by atoms with Gasteiger partial charge in [-0.1, -0.05) is 12.1 Å². The SMILES string of the molecule is N#Cc1ccccc1OCC(O)CO. The number of nitriles is 1. The highest BCUT2D eigenvalue weighted by Crippen LogP contribution is 2.16. The van der Waals surface area contributed by atoms with Gasteiger partial charge in [0.1, 0.15) is 24.5 Å². The molecule has 1 aromatic rings. The van der Waals surface area contributed by atoms with Gasteiger partial charge in [-0.3, -0.25) is 0 Å². The van der Waals surface area contributed by atoms with E-state index in [9.17, 15) is 0 Å². The van der Waals surface area contributed by atoms with Gasteiger partial charge >= 0.3 is 0 Å². The molecule has 4 nitrogen and oxygen atoms in total. The predicted molar refractivity (Wildman–Crippen MR) is 49.7 cm³/mol. The molecule has 0 bridgehead atoms. The van der Waals surface area contributed by atoms with Gasteiger partial charge < -0.3 is 14.9 Å². The summed E-state index contributed by atoms with van der Waals surface area (Å²) in [5.74, 6) is 0.419. The second-order valence-corrected chi connectivity index (χ2v) is 2.76. The number of aliphatic hydroxyl groups excluding tert-OH is 2. The van der Waals surface area contributed by atoms with Crippen LogP contribution in [0.3, 0.4) is 0 Å². The van der Waals surface area contributed by atoms with E-state index >= 15 is 0 Å². The second kappa shape index (κ2) is 5.22. The van der Waals surface area contributed by atoms with Crippen molar-refractivity contribution in [1.29, 1.82) is 5.26 Å². The average Bonchev–Trinajstić information content (AvgIpc) is 2.26. The van der Waals surface area contributed by atoms with E-state index in [2.05, 4.69) is 0 Å². The summed E-state index contributed by atoms with van der Waals surface area (Å²) >= 11 is 0. The minimum atomic E-state index is -0.915. The van der Waals surface area contributed by atoms with Crippen LogP contribution in [0, 0.1) is 11.3 Å².